The van der Waals surface area contributed by atoms with E-state index in [2.05, 4.69) is 44.6 Å². The van der Waals surface area contributed by atoms with Crippen LogP contribution in [0.3, 0.4) is 0 Å². The number of nitrogens with zero attached hydrogens (tertiary/aromatic N) is 3. The zero-order chi connectivity index (χ0) is 20.3. The minimum Gasteiger partial charge on any atom is -0.359 e. The van der Waals surface area contributed by atoms with Gasteiger partial charge in [0.1, 0.15) is 5.92 Å². The van der Waals surface area contributed by atoms with Crippen molar-refractivity contribution in [3.63, 3.8) is 0 Å². The number of amides is 1. The second-order valence-electron chi connectivity index (χ2n) is 6.81. The number of aliphatic imine (C=N–C) groups is 1. The number of carbonyl (C=O) groups excluding carboxylic acids is 2. The van der Waals surface area contributed by atoms with E-state index in [1.54, 1.807) is 18.6 Å². The molecular formula is C20H26N6O2. The highest BCUT2D eigenvalue weighted by Crippen LogP contribution is 2.23. The highest BCUT2D eigenvalue weighted by molar-refractivity contribution is 6.24. The topological polar surface area (TPSA) is 102 Å². The van der Waals surface area contributed by atoms with Gasteiger partial charge in [-0.15, -0.1) is 0 Å². The van der Waals surface area contributed by atoms with Crippen LogP contribution in [0.4, 0.5) is 0 Å². The summed E-state index contributed by atoms with van der Waals surface area (Å²) in [6.07, 6.45) is 6.74. The lowest BCUT2D eigenvalue weighted by Crippen LogP contribution is -2.32. The molecule has 0 aliphatic carbocycles. The normalized spacial score (nSPS) is 19.9. The molecule has 0 spiro atoms. The van der Waals surface area contributed by atoms with Crippen LogP contribution in [0.15, 0.2) is 28.2 Å². The molecule has 148 valence electrons. The van der Waals surface area contributed by atoms with E-state index in [9.17, 15) is 9.59 Å². The minimum atomic E-state index is -0.538. The van der Waals surface area contributed by atoms with Crippen molar-refractivity contribution in [3.8, 4) is 0 Å². The number of hydrogen-bond acceptors (Lipinski definition) is 6. The number of hydrogen-bond donors (Lipinski definition) is 3. The zero-order valence-corrected chi connectivity index (χ0v) is 16.7. The summed E-state index contributed by atoms with van der Waals surface area (Å²) in [5, 5.41) is 6.97. The maximum Gasteiger partial charge on any atom is 0.254 e. The first-order valence-electron chi connectivity index (χ1n) is 9.45. The Hall–Kier alpha value is -3.00. The Morgan fingerprint density at radius 2 is 2.04 bits per heavy atom. The minimum absolute atomic E-state index is 0.104. The summed E-state index contributed by atoms with van der Waals surface area (Å²) in [6.45, 7) is 10.0. The third kappa shape index (κ3) is 3.82. The molecule has 1 amide bonds. The Labute approximate surface area is 164 Å². The number of Topliss-reactive ketones (excluding diaryl/α,β-unsaturated/α-hetero) is 1. The second kappa shape index (κ2) is 8.35. The molecular weight excluding hydrogens is 356 g/mol. The number of aromatic amines is 1. The first-order valence-corrected chi connectivity index (χ1v) is 9.45. The molecule has 2 aliphatic rings. The quantitative estimate of drug-likeness (QED) is 0.625. The monoisotopic (exact) mass is 382 g/mol. The Balaban J connectivity index is 1.91. The highest BCUT2D eigenvalue weighted by atomic mass is 16.2. The van der Waals surface area contributed by atoms with Crippen LogP contribution in [0.5, 0.6) is 0 Å². The van der Waals surface area contributed by atoms with Gasteiger partial charge in [0.15, 0.2) is 5.78 Å². The lowest BCUT2D eigenvalue weighted by molar-refractivity contribution is -0.120. The largest absolute Gasteiger partial charge is 0.359 e. The van der Waals surface area contributed by atoms with Crippen LogP contribution in [0.1, 0.15) is 41.2 Å². The van der Waals surface area contributed by atoms with Gasteiger partial charge in [-0.05, 0) is 38.6 Å². The van der Waals surface area contributed by atoms with Gasteiger partial charge in [-0.2, -0.15) is 5.10 Å². The number of H-pyrrole nitrogens is 1. The molecule has 1 aromatic rings. The number of hydrazone groups is 1. The molecule has 0 aromatic carbocycles. The van der Waals surface area contributed by atoms with Crippen molar-refractivity contribution in [2.45, 2.75) is 27.7 Å². The van der Waals surface area contributed by atoms with E-state index in [-0.39, 0.29) is 11.7 Å². The maximum atomic E-state index is 12.8. The Kier molecular flexibility index (Phi) is 5.89. The van der Waals surface area contributed by atoms with E-state index in [0.717, 1.165) is 35.6 Å². The SMILES string of the molecule is CCN(CC)CC(=O)c1c(C)[nH]c(C=C2NC=CN=C2C2C=NNC2=O)c1C. The molecule has 0 saturated carbocycles. The van der Waals surface area contributed by atoms with Crippen LogP contribution in [-0.2, 0) is 4.79 Å². The first-order chi connectivity index (χ1) is 13.5. The molecule has 0 saturated heterocycles. The lowest BCUT2D eigenvalue weighted by atomic mass is 9.99. The second-order valence-corrected chi connectivity index (χ2v) is 6.81. The van der Waals surface area contributed by atoms with Gasteiger partial charge >= 0.3 is 0 Å². The fourth-order valence-electron chi connectivity index (χ4n) is 3.47. The van der Waals surface area contributed by atoms with Crippen molar-refractivity contribution in [3.05, 3.63) is 40.6 Å². The van der Waals surface area contributed by atoms with Gasteiger partial charge in [-0.25, -0.2) is 5.43 Å². The van der Waals surface area contributed by atoms with Crippen LogP contribution in [0.2, 0.25) is 0 Å². The molecule has 28 heavy (non-hydrogen) atoms. The van der Waals surface area contributed by atoms with Gasteiger partial charge in [-0.1, -0.05) is 13.8 Å². The number of nitrogens with one attached hydrogen (secondary N) is 3. The van der Waals surface area contributed by atoms with Crippen molar-refractivity contribution in [1.29, 1.82) is 0 Å². The zero-order valence-electron chi connectivity index (χ0n) is 16.7. The number of carbonyl (C=O) groups is 2. The van der Waals surface area contributed by atoms with E-state index in [1.807, 2.05) is 19.9 Å². The molecule has 3 N–H and O–H groups in total. The van der Waals surface area contributed by atoms with Crippen molar-refractivity contribution < 1.29 is 9.59 Å². The Morgan fingerprint density at radius 1 is 1.29 bits per heavy atom. The molecule has 1 aromatic heterocycles. The molecule has 3 rings (SSSR count). The predicted molar refractivity (Wildman–Crippen MR) is 110 cm³/mol. The van der Waals surface area contributed by atoms with Crippen LogP contribution in [0, 0.1) is 19.8 Å². The molecule has 3 heterocycles. The van der Waals surface area contributed by atoms with E-state index in [0.29, 0.717) is 18.0 Å². The number of allylic oxidation sites excluding steroid dienone is 1. The molecule has 1 unspecified atom stereocenters. The Bertz CT molecular complexity index is 902. The molecule has 1 atom stereocenters. The molecule has 0 bridgehead atoms. The molecule has 8 nitrogen and oxygen atoms in total. The fraction of sp³-hybridized carbons (Fsp3) is 0.400. The van der Waals surface area contributed by atoms with Crippen LogP contribution < -0.4 is 10.7 Å². The van der Waals surface area contributed by atoms with Crippen LogP contribution in [-0.4, -0.2) is 53.1 Å². The number of ketones is 1. The summed E-state index contributed by atoms with van der Waals surface area (Å²) in [5.41, 5.74) is 6.99. The summed E-state index contributed by atoms with van der Waals surface area (Å²) in [5.74, 6) is -0.646. The highest BCUT2D eigenvalue weighted by Gasteiger charge is 2.30. The van der Waals surface area contributed by atoms with Crippen molar-refractivity contribution >= 4 is 29.7 Å². The van der Waals surface area contributed by atoms with E-state index >= 15 is 0 Å². The van der Waals surface area contributed by atoms with E-state index < -0.39 is 5.92 Å². The summed E-state index contributed by atoms with van der Waals surface area (Å²) in [7, 11) is 0. The number of aryl methyl sites for hydroxylation is 1. The standard InChI is InChI=1S/C20H26N6O2/c1-5-26(6-2)11-17(27)18-12(3)15(24-13(18)4)9-16-19(22-8-7-21-16)14-10-23-25-20(14)28/h7-10,14,21,24H,5-6,11H2,1-4H3,(H,25,28). The summed E-state index contributed by atoms with van der Waals surface area (Å²) < 4.78 is 0. The Morgan fingerprint density at radius 3 is 2.68 bits per heavy atom. The van der Waals surface area contributed by atoms with Crippen LogP contribution in [0.25, 0.3) is 6.08 Å². The summed E-state index contributed by atoms with van der Waals surface area (Å²) >= 11 is 0. The maximum absolute atomic E-state index is 12.8. The third-order valence-electron chi connectivity index (χ3n) is 5.08. The van der Waals surface area contributed by atoms with E-state index in [4.69, 9.17) is 0 Å². The first kappa shape index (κ1) is 19.8. The molecule has 0 radical (unpaired) electrons. The van der Waals surface area contributed by atoms with Gasteiger partial charge in [0.2, 0.25) is 0 Å². The smallest absolute Gasteiger partial charge is 0.254 e. The molecule has 8 heteroatoms. The average molecular weight is 382 g/mol. The number of likely N-dealkylation sites (N-methyl/N-ethyl adjacent to an activating group) is 1. The van der Waals surface area contributed by atoms with Gasteiger partial charge in [0.05, 0.1) is 18.0 Å². The molecule has 2 aliphatic heterocycles. The predicted octanol–water partition coefficient (Wildman–Crippen LogP) is 1.74. The van der Waals surface area contributed by atoms with Gasteiger partial charge in [0.25, 0.3) is 5.91 Å². The van der Waals surface area contributed by atoms with Crippen LogP contribution >= 0.6 is 0 Å². The summed E-state index contributed by atoms with van der Waals surface area (Å²) in [6, 6.07) is 0. The number of rotatable bonds is 7. The third-order valence-corrected chi connectivity index (χ3v) is 5.08. The van der Waals surface area contributed by atoms with Gasteiger partial charge in [-0.3, -0.25) is 19.5 Å². The van der Waals surface area contributed by atoms with Crippen molar-refractivity contribution in [1.82, 2.24) is 20.6 Å². The number of aromatic nitrogens is 1. The summed E-state index contributed by atoms with van der Waals surface area (Å²) in [4.78, 5) is 34.6. The van der Waals surface area contributed by atoms with Crippen molar-refractivity contribution in [2.75, 3.05) is 19.6 Å². The fourth-order valence-corrected chi connectivity index (χ4v) is 3.47. The average Bonchev–Trinajstić information content (AvgIpc) is 3.23. The van der Waals surface area contributed by atoms with E-state index in [1.165, 1.54) is 0 Å². The van der Waals surface area contributed by atoms with Crippen molar-refractivity contribution in [2.24, 2.45) is 16.0 Å². The van der Waals surface area contributed by atoms with Gasteiger partial charge in [0, 0.05) is 35.6 Å². The van der Waals surface area contributed by atoms with Gasteiger partial charge < -0.3 is 10.3 Å². The molecule has 0 fully saturated rings. The lowest BCUT2D eigenvalue weighted by Gasteiger charge is -2.17.